The number of hydrogen-bond acceptors (Lipinski definition) is 7. The summed E-state index contributed by atoms with van der Waals surface area (Å²) in [4.78, 5) is 45.6. The molecule has 0 saturated carbocycles. The smallest absolute Gasteiger partial charge is 0.251 e. The Morgan fingerprint density at radius 2 is 1.74 bits per heavy atom. The van der Waals surface area contributed by atoms with E-state index in [2.05, 4.69) is 22.2 Å². The molecule has 2 N–H and O–H groups in total. The van der Waals surface area contributed by atoms with E-state index in [9.17, 15) is 19.5 Å². The molecular weight excluding hydrogens is 448 g/mol. The molecule has 2 amide bonds. The van der Waals surface area contributed by atoms with Crippen LogP contribution < -0.4 is 10.2 Å². The van der Waals surface area contributed by atoms with E-state index < -0.39 is 29.5 Å². The molecule has 3 heterocycles. The number of β-amino-alcohol motifs (C(OH)–C–C–N with tert-alkyl or cyclic N) is 1. The molecule has 3 aliphatic rings. The van der Waals surface area contributed by atoms with E-state index in [1.807, 2.05) is 39.8 Å². The number of hydrogen-bond donors (Lipinski definition) is 2. The highest BCUT2D eigenvalue weighted by atomic mass is 16.5. The van der Waals surface area contributed by atoms with Crippen molar-refractivity contribution in [2.75, 3.05) is 51.3 Å². The molecule has 0 spiro atoms. The van der Waals surface area contributed by atoms with Crippen LogP contribution >= 0.6 is 0 Å². The van der Waals surface area contributed by atoms with Crippen LogP contribution in [0.4, 0.5) is 5.69 Å². The lowest BCUT2D eigenvalue weighted by Crippen LogP contribution is -2.59. The fourth-order valence-electron chi connectivity index (χ4n) is 5.37. The number of likely N-dealkylation sites (N-methyl/N-ethyl adjacent to an activating group) is 1. The van der Waals surface area contributed by atoms with Gasteiger partial charge in [-0.3, -0.25) is 14.4 Å². The summed E-state index contributed by atoms with van der Waals surface area (Å²) in [6, 6.07) is 5.86. The zero-order valence-electron chi connectivity index (χ0n) is 21.4. The first kappa shape index (κ1) is 25.6. The molecule has 0 aromatic heterocycles. The second-order valence-electron chi connectivity index (χ2n) is 11.2. The number of carbonyl (C=O) groups is 3. The molecule has 9 nitrogen and oxygen atoms in total. The Morgan fingerprint density at radius 1 is 1.11 bits per heavy atom. The maximum atomic E-state index is 13.7. The van der Waals surface area contributed by atoms with Crippen LogP contribution in [0.15, 0.2) is 24.3 Å². The van der Waals surface area contributed by atoms with Crippen molar-refractivity contribution in [1.29, 1.82) is 0 Å². The number of Topliss-reactive ketones (excluding diaryl/α,β-unsaturated/α-hetero) is 1. The quantitative estimate of drug-likeness (QED) is 0.648. The molecule has 0 bridgehead atoms. The Kier molecular flexibility index (Phi) is 7.22. The van der Waals surface area contributed by atoms with Gasteiger partial charge in [-0.15, -0.1) is 0 Å². The normalized spacial score (nSPS) is 28.6. The van der Waals surface area contributed by atoms with Gasteiger partial charge >= 0.3 is 0 Å². The van der Waals surface area contributed by atoms with E-state index in [1.54, 1.807) is 12.1 Å². The number of nitrogens with one attached hydrogen (secondary N) is 1. The molecule has 1 aromatic carbocycles. The molecule has 0 radical (unpaired) electrons. The average Bonchev–Trinajstić information content (AvgIpc) is 3.17. The number of aliphatic hydroxyl groups is 1. The second kappa shape index (κ2) is 9.87. The maximum Gasteiger partial charge on any atom is 0.251 e. The molecule has 192 valence electrons. The minimum absolute atomic E-state index is 0.0514. The highest BCUT2D eigenvalue weighted by Gasteiger charge is 2.53. The van der Waals surface area contributed by atoms with Gasteiger partial charge in [-0.2, -0.15) is 0 Å². The molecule has 0 aliphatic carbocycles. The summed E-state index contributed by atoms with van der Waals surface area (Å²) in [5.41, 5.74) is 0.942. The molecule has 9 heteroatoms. The Morgan fingerprint density at radius 3 is 2.34 bits per heavy atom. The molecule has 3 fully saturated rings. The van der Waals surface area contributed by atoms with Crippen LogP contribution in [0.3, 0.4) is 0 Å². The number of fused-ring (bicyclic) bond motifs is 1. The van der Waals surface area contributed by atoms with Crippen LogP contribution in [0.5, 0.6) is 0 Å². The maximum absolute atomic E-state index is 13.7. The van der Waals surface area contributed by atoms with Gasteiger partial charge in [-0.1, -0.05) is 20.8 Å². The van der Waals surface area contributed by atoms with E-state index in [0.717, 1.165) is 31.9 Å². The van der Waals surface area contributed by atoms with Gasteiger partial charge in [-0.05, 0) is 43.7 Å². The lowest BCUT2D eigenvalue weighted by molar-refractivity contribution is -0.151. The highest BCUT2D eigenvalue weighted by Crippen LogP contribution is 2.35. The number of aliphatic hydroxyl groups excluding tert-OH is 1. The summed E-state index contributed by atoms with van der Waals surface area (Å²) in [6.45, 7) is 11.3. The number of benzene rings is 1. The van der Waals surface area contributed by atoms with Crippen molar-refractivity contribution in [1.82, 2.24) is 15.1 Å². The van der Waals surface area contributed by atoms with Crippen LogP contribution in [0, 0.1) is 11.3 Å². The van der Waals surface area contributed by atoms with Crippen molar-refractivity contribution in [3.05, 3.63) is 29.8 Å². The summed E-state index contributed by atoms with van der Waals surface area (Å²) in [5, 5.41) is 13.5. The minimum Gasteiger partial charge on any atom is -0.391 e. The van der Waals surface area contributed by atoms with Crippen molar-refractivity contribution in [2.45, 2.75) is 52.0 Å². The van der Waals surface area contributed by atoms with Gasteiger partial charge < -0.3 is 29.9 Å². The molecule has 1 unspecified atom stereocenters. The Labute approximate surface area is 207 Å². The van der Waals surface area contributed by atoms with Gasteiger partial charge in [0.25, 0.3) is 5.91 Å². The number of rotatable bonds is 4. The predicted octanol–water partition coefficient (Wildman–Crippen LogP) is 0.759. The number of ketones is 1. The van der Waals surface area contributed by atoms with Crippen LogP contribution in [-0.2, 0) is 14.3 Å². The molecule has 1 aromatic rings. The summed E-state index contributed by atoms with van der Waals surface area (Å²) in [7, 11) is 2.11. The number of carbonyl (C=O) groups excluding carboxylic acids is 3. The molecule has 4 rings (SSSR count). The predicted molar refractivity (Wildman–Crippen MR) is 132 cm³/mol. The lowest BCUT2D eigenvalue weighted by Gasteiger charge is -2.38. The van der Waals surface area contributed by atoms with Crippen LogP contribution in [-0.4, -0.2) is 103 Å². The van der Waals surface area contributed by atoms with Crippen LogP contribution in [0.2, 0.25) is 0 Å². The standard InChI is InChI=1S/C26H38N4O5/c1-16-21-19(31)14-30(22(21)20(32)15-35-16)25(34)23(26(2,3)4)27-24(33)17-6-8-18(9-7-17)29-12-10-28(5)11-13-29/h6-9,16,19,21-23,31H,10-15H2,1-5H3,(H,27,33)/t16?,19-,21+,22+,23+/m0/s1. The first-order valence-electron chi connectivity index (χ1n) is 12.4. The summed E-state index contributed by atoms with van der Waals surface area (Å²) in [5.74, 6) is -1.37. The third kappa shape index (κ3) is 5.22. The van der Waals surface area contributed by atoms with E-state index in [-0.39, 0.29) is 36.9 Å². The van der Waals surface area contributed by atoms with Crippen molar-refractivity contribution >= 4 is 23.3 Å². The average molecular weight is 487 g/mol. The first-order chi connectivity index (χ1) is 16.5. The van der Waals surface area contributed by atoms with Gasteiger partial charge in [0.05, 0.1) is 12.2 Å². The van der Waals surface area contributed by atoms with Gasteiger partial charge in [0.2, 0.25) is 5.91 Å². The molecule has 5 atom stereocenters. The number of nitrogens with zero attached hydrogens (tertiary/aromatic N) is 3. The highest BCUT2D eigenvalue weighted by molar-refractivity contribution is 5.99. The van der Waals surface area contributed by atoms with E-state index >= 15 is 0 Å². The van der Waals surface area contributed by atoms with Gasteiger partial charge in [0.15, 0.2) is 5.78 Å². The molecule has 3 aliphatic heterocycles. The Balaban J connectivity index is 1.49. The second-order valence-corrected chi connectivity index (χ2v) is 11.2. The van der Waals surface area contributed by atoms with Gasteiger partial charge in [0.1, 0.15) is 18.7 Å². The molecular formula is C26H38N4O5. The monoisotopic (exact) mass is 486 g/mol. The van der Waals surface area contributed by atoms with Crippen LogP contribution in [0.1, 0.15) is 38.1 Å². The Bertz CT molecular complexity index is 951. The number of likely N-dealkylation sites (tertiary alicyclic amines) is 1. The number of piperazine rings is 1. The third-order valence-corrected chi connectivity index (χ3v) is 7.56. The summed E-state index contributed by atoms with van der Waals surface area (Å²) in [6.07, 6.45) is -1.17. The number of ether oxygens (including phenoxy) is 1. The zero-order chi connectivity index (χ0) is 25.5. The number of anilines is 1. The SMILES string of the molecule is CC1OCC(=O)[C@@H]2[C@H]1[C@@H](O)CN2C(=O)[C@@H](NC(=O)c1ccc(N2CCN(C)CC2)cc1)C(C)(C)C. The fourth-order valence-corrected chi connectivity index (χ4v) is 5.37. The Hall–Kier alpha value is -2.49. The minimum atomic E-state index is -0.857. The topological polar surface area (TPSA) is 102 Å². The summed E-state index contributed by atoms with van der Waals surface area (Å²) >= 11 is 0. The largest absolute Gasteiger partial charge is 0.391 e. The van der Waals surface area contributed by atoms with E-state index in [1.165, 1.54) is 4.90 Å². The fraction of sp³-hybridized carbons (Fsp3) is 0.654. The van der Waals surface area contributed by atoms with Crippen molar-refractivity contribution in [3.8, 4) is 0 Å². The van der Waals surface area contributed by atoms with E-state index in [0.29, 0.717) is 5.56 Å². The summed E-state index contributed by atoms with van der Waals surface area (Å²) < 4.78 is 5.49. The third-order valence-electron chi connectivity index (χ3n) is 7.56. The van der Waals surface area contributed by atoms with Crippen molar-refractivity contribution < 1.29 is 24.2 Å². The van der Waals surface area contributed by atoms with E-state index in [4.69, 9.17) is 4.74 Å². The van der Waals surface area contributed by atoms with Gasteiger partial charge in [0, 0.05) is 49.9 Å². The lowest BCUT2D eigenvalue weighted by atomic mass is 9.84. The van der Waals surface area contributed by atoms with Crippen LogP contribution in [0.25, 0.3) is 0 Å². The number of amides is 2. The molecule has 35 heavy (non-hydrogen) atoms. The first-order valence-corrected chi connectivity index (χ1v) is 12.4. The molecule has 3 saturated heterocycles. The van der Waals surface area contributed by atoms with Crippen molar-refractivity contribution in [3.63, 3.8) is 0 Å². The van der Waals surface area contributed by atoms with Crippen molar-refractivity contribution in [2.24, 2.45) is 11.3 Å². The zero-order valence-corrected chi connectivity index (χ0v) is 21.4. The van der Waals surface area contributed by atoms with Gasteiger partial charge in [-0.25, -0.2) is 0 Å².